The summed E-state index contributed by atoms with van der Waals surface area (Å²) in [6.07, 6.45) is 0.684. The Morgan fingerprint density at radius 2 is 1.97 bits per heavy atom. The Bertz CT molecular complexity index is 870. The lowest BCUT2D eigenvalue weighted by molar-refractivity contribution is -0.274. The zero-order chi connectivity index (χ0) is 20.0. The van der Waals surface area contributed by atoms with Crippen LogP contribution in [0.2, 0.25) is 0 Å². The number of fused-ring (bicyclic) bond motifs is 3. The lowest BCUT2D eigenvalue weighted by Gasteiger charge is -2.42. The van der Waals surface area contributed by atoms with Gasteiger partial charge in [-0.2, -0.15) is 0 Å². The first-order valence-corrected chi connectivity index (χ1v) is 10.2. The van der Waals surface area contributed by atoms with Gasteiger partial charge in [0.15, 0.2) is 0 Å². The highest BCUT2D eigenvalue weighted by Gasteiger charge is 2.38. The molecule has 4 fully saturated rings. The largest absolute Gasteiger partial charge is 0.573 e. The second kappa shape index (κ2) is 7.32. The minimum absolute atomic E-state index is 0.159. The molecule has 2 aliphatic heterocycles. The summed E-state index contributed by atoms with van der Waals surface area (Å²) in [4.78, 5) is 0. The fourth-order valence-corrected chi connectivity index (χ4v) is 4.54. The molecule has 2 aromatic rings. The first-order valence-electron chi connectivity index (χ1n) is 10.2. The lowest BCUT2D eigenvalue weighted by Crippen LogP contribution is -2.52. The van der Waals surface area contributed by atoms with Gasteiger partial charge in [-0.15, -0.1) is 13.2 Å². The monoisotopic (exact) mass is 408 g/mol. The summed E-state index contributed by atoms with van der Waals surface area (Å²) in [7, 11) is 0. The molecule has 2 saturated carbocycles. The molecule has 3 heterocycles. The van der Waals surface area contributed by atoms with Crippen molar-refractivity contribution in [3.05, 3.63) is 35.6 Å². The van der Waals surface area contributed by atoms with E-state index in [4.69, 9.17) is 9.26 Å². The van der Waals surface area contributed by atoms with Gasteiger partial charge >= 0.3 is 6.36 Å². The Kier molecular flexibility index (Phi) is 4.78. The fraction of sp³-hybridized carbons (Fsp3) is 0.571. The molecule has 2 bridgehead atoms. The SMILES string of the molecule is FC(F)(F)Oc1ccccc1-c1noc(C2CC2)c1CO[C@H]1C[C@@H]2CC[C@H]1CN2. The van der Waals surface area contributed by atoms with Crippen molar-refractivity contribution in [1.82, 2.24) is 10.5 Å². The van der Waals surface area contributed by atoms with Gasteiger partial charge in [0.25, 0.3) is 0 Å². The molecule has 4 aliphatic rings. The molecular formula is C21H23F3N2O3. The van der Waals surface area contributed by atoms with Crippen LogP contribution in [-0.4, -0.2) is 30.2 Å². The van der Waals surface area contributed by atoms with E-state index in [1.54, 1.807) is 12.1 Å². The fourth-order valence-electron chi connectivity index (χ4n) is 4.54. The maximum Gasteiger partial charge on any atom is 0.573 e. The highest BCUT2D eigenvalue weighted by Crippen LogP contribution is 2.46. The van der Waals surface area contributed by atoms with Crippen molar-refractivity contribution >= 4 is 0 Å². The normalized spacial score (nSPS) is 26.7. The van der Waals surface area contributed by atoms with Crippen LogP contribution in [0.5, 0.6) is 5.75 Å². The number of nitrogens with one attached hydrogen (secondary N) is 1. The summed E-state index contributed by atoms with van der Waals surface area (Å²) < 4.78 is 54.7. The number of hydrogen-bond acceptors (Lipinski definition) is 5. The second-order valence-electron chi connectivity index (χ2n) is 8.22. The van der Waals surface area contributed by atoms with Gasteiger partial charge in [0, 0.05) is 29.6 Å². The molecule has 1 aromatic heterocycles. The van der Waals surface area contributed by atoms with Gasteiger partial charge in [-0.1, -0.05) is 17.3 Å². The van der Waals surface area contributed by atoms with Gasteiger partial charge < -0.3 is 19.3 Å². The van der Waals surface area contributed by atoms with Crippen molar-refractivity contribution < 1.29 is 27.2 Å². The maximum absolute atomic E-state index is 12.9. The summed E-state index contributed by atoms with van der Waals surface area (Å²) in [6.45, 7) is 1.25. The van der Waals surface area contributed by atoms with Crippen molar-refractivity contribution in [1.29, 1.82) is 0 Å². The number of piperidine rings is 2. The molecule has 2 aliphatic carbocycles. The number of nitrogens with zero attached hydrogens (tertiary/aromatic N) is 1. The van der Waals surface area contributed by atoms with Crippen LogP contribution in [0.4, 0.5) is 13.2 Å². The molecule has 0 spiro atoms. The molecule has 1 N–H and O–H groups in total. The number of alkyl halides is 3. The van der Waals surface area contributed by atoms with Crippen LogP contribution in [0.1, 0.15) is 49.3 Å². The third-order valence-corrected chi connectivity index (χ3v) is 6.17. The van der Waals surface area contributed by atoms with Gasteiger partial charge in [0.2, 0.25) is 0 Å². The van der Waals surface area contributed by atoms with Gasteiger partial charge in [-0.3, -0.25) is 0 Å². The van der Waals surface area contributed by atoms with Crippen molar-refractivity contribution in [2.75, 3.05) is 6.54 Å². The van der Waals surface area contributed by atoms with Crippen LogP contribution in [0.15, 0.2) is 28.8 Å². The molecule has 6 rings (SSSR count). The maximum atomic E-state index is 12.9. The Labute approximate surface area is 166 Å². The molecule has 29 heavy (non-hydrogen) atoms. The molecule has 0 radical (unpaired) electrons. The molecule has 5 nitrogen and oxygen atoms in total. The number of benzene rings is 1. The summed E-state index contributed by atoms with van der Waals surface area (Å²) >= 11 is 0. The number of ether oxygens (including phenoxy) is 2. The summed E-state index contributed by atoms with van der Waals surface area (Å²) in [5, 5.41) is 7.65. The van der Waals surface area contributed by atoms with Crippen molar-refractivity contribution in [2.24, 2.45) is 5.92 Å². The van der Waals surface area contributed by atoms with E-state index in [1.807, 2.05) is 0 Å². The average Bonchev–Trinajstić information content (AvgIpc) is 3.46. The van der Waals surface area contributed by atoms with Crippen molar-refractivity contribution in [3.8, 4) is 17.0 Å². The van der Waals surface area contributed by atoms with Gasteiger partial charge in [0.1, 0.15) is 17.2 Å². The quantitative estimate of drug-likeness (QED) is 0.746. The van der Waals surface area contributed by atoms with Crippen LogP contribution in [0.3, 0.4) is 0 Å². The number of para-hydroxylation sites is 1. The summed E-state index contributed by atoms with van der Waals surface area (Å²) in [6, 6.07) is 6.54. The number of hydrogen-bond donors (Lipinski definition) is 1. The van der Waals surface area contributed by atoms with Crippen molar-refractivity contribution in [3.63, 3.8) is 0 Å². The van der Waals surface area contributed by atoms with Gasteiger partial charge in [-0.05, 0) is 50.2 Å². The average molecular weight is 408 g/mol. The third-order valence-electron chi connectivity index (χ3n) is 6.17. The Hall–Kier alpha value is -2.06. The predicted octanol–water partition coefficient (Wildman–Crippen LogP) is 4.77. The topological polar surface area (TPSA) is 56.5 Å². The van der Waals surface area contributed by atoms with E-state index >= 15 is 0 Å². The van der Waals surface area contributed by atoms with E-state index in [-0.39, 0.29) is 23.3 Å². The van der Waals surface area contributed by atoms with E-state index in [0.717, 1.165) is 43.6 Å². The van der Waals surface area contributed by atoms with Gasteiger partial charge in [-0.25, -0.2) is 0 Å². The van der Waals surface area contributed by atoms with Crippen molar-refractivity contribution in [2.45, 2.75) is 63.1 Å². The minimum atomic E-state index is -4.77. The van der Waals surface area contributed by atoms with Crippen LogP contribution >= 0.6 is 0 Å². The van der Waals surface area contributed by atoms with E-state index < -0.39 is 6.36 Å². The lowest BCUT2D eigenvalue weighted by atomic mass is 9.79. The van der Waals surface area contributed by atoms with Crippen LogP contribution in [-0.2, 0) is 11.3 Å². The second-order valence-corrected chi connectivity index (χ2v) is 8.22. The van der Waals surface area contributed by atoms with Crippen LogP contribution in [0.25, 0.3) is 11.3 Å². The van der Waals surface area contributed by atoms with E-state index in [1.165, 1.54) is 18.6 Å². The molecule has 1 aromatic carbocycles. The molecule has 2 saturated heterocycles. The molecule has 0 amide bonds. The zero-order valence-corrected chi connectivity index (χ0v) is 15.9. The first kappa shape index (κ1) is 18.9. The van der Waals surface area contributed by atoms with E-state index in [0.29, 0.717) is 24.3 Å². The molecule has 3 atom stereocenters. The standard InChI is InChI=1S/C21H23F3N2O3/c22-21(23,24)28-17-4-2-1-3-15(17)19-16(20(29-26-19)12-5-6-12)11-27-18-9-14-8-7-13(18)10-25-14/h1-4,12-14,18,25H,5-11H2/t13-,14-,18-/m0/s1. The first-order chi connectivity index (χ1) is 14.0. The number of halogens is 3. The van der Waals surface area contributed by atoms with Gasteiger partial charge in [0.05, 0.1) is 12.7 Å². The summed E-state index contributed by atoms with van der Waals surface area (Å²) in [5.41, 5.74) is 1.40. The smallest absolute Gasteiger partial charge is 0.405 e. The number of aromatic nitrogens is 1. The zero-order valence-electron chi connectivity index (χ0n) is 15.9. The van der Waals surface area contributed by atoms with E-state index in [2.05, 4.69) is 15.2 Å². The highest BCUT2D eigenvalue weighted by atomic mass is 19.4. The molecule has 0 unspecified atom stereocenters. The predicted molar refractivity (Wildman–Crippen MR) is 98.3 cm³/mol. The summed E-state index contributed by atoms with van der Waals surface area (Å²) in [5.74, 6) is 1.21. The Morgan fingerprint density at radius 1 is 1.14 bits per heavy atom. The molecule has 8 heteroatoms. The number of rotatable bonds is 6. The Morgan fingerprint density at radius 3 is 2.62 bits per heavy atom. The minimum Gasteiger partial charge on any atom is -0.405 e. The molecular weight excluding hydrogens is 385 g/mol. The third kappa shape index (κ3) is 4.00. The molecule has 156 valence electrons. The van der Waals surface area contributed by atoms with Crippen LogP contribution in [0, 0.1) is 5.92 Å². The highest BCUT2D eigenvalue weighted by molar-refractivity contribution is 5.70. The van der Waals surface area contributed by atoms with E-state index in [9.17, 15) is 13.2 Å². The van der Waals surface area contributed by atoms with Crippen LogP contribution < -0.4 is 10.1 Å². The Balaban J connectivity index is 1.43.